The number of hydrogen-bond acceptors (Lipinski definition) is 3. The molecule has 0 bridgehead atoms. The number of carbonyl (C=O) groups excluding carboxylic acids is 1. The fourth-order valence-corrected chi connectivity index (χ4v) is 3.69. The molecule has 1 amide bonds. The zero-order valence-corrected chi connectivity index (χ0v) is 15.5. The van der Waals surface area contributed by atoms with Crippen LogP contribution in [0.25, 0.3) is 0 Å². The SMILES string of the molecule is Cc1cc(C)cc(N(CCC#N)C(=O)CN2CCCc3ccccc32)c1. The summed E-state index contributed by atoms with van der Waals surface area (Å²) >= 11 is 0. The highest BCUT2D eigenvalue weighted by molar-refractivity contribution is 5.96. The summed E-state index contributed by atoms with van der Waals surface area (Å²) in [6.45, 7) is 5.72. The smallest absolute Gasteiger partial charge is 0.246 e. The summed E-state index contributed by atoms with van der Waals surface area (Å²) in [7, 11) is 0. The Morgan fingerprint density at radius 3 is 2.65 bits per heavy atom. The lowest BCUT2D eigenvalue weighted by molar-refractivity contribution is -0.117. The molecule has 0 fully saturated rings. The lowest BCUT2D eigenvalue weighted by Crippen LogP contribution is -2.42. The Labute approximate surface area is 155 Å². The Morgan fingerprint density at radius 1 is 1.19 bits per heavy atom. The van der Waals surface area contributed by atoms with Gasteiger partial charge in [-0.2, -0.15) is 5.26 Å². The molecule has 2 aromatic rings. The van der Waals surface area contributed by atoms with Crippen LogP contribution in [0, 0.1) is 25.2 Å². The molecule has 2 aromatic carbocycles. The third-order valence-electron chi connectivity index (χ3n) is 4.80. The van der Waals surface area contributed by atoms with Crippen LogP contribution >= 0.6 is 0 Å². The molecule has 0 aromatic heterocycles. The van der Waals surface area contributed by atoms with Gasteiger partial charge in [0.15, 0.2) is 0 Å². The van der Waals surface area contributed by atoms with E-state index in [1.54, 1.807) is 4.90 Å². The molecule has 0 atom stereocenters. The van der Waals surface area contributed by atoms with Crippen LogP contribution in [0.3, 0.4) is 0 Å². The molecule has 0 unspecified atom stereocenters. The number of amides is 1. The average Bonchev–Trinajstić information content (AvgIpc) is 2.61. The number of fused-ring (bicyclic) bond motifs is 1. The summed E-state index contributed by atoms with van der Waals surface area (Å²) in [5.74, 6) is 0.0435. The van der Waals surface area contributed by atoms with E-state index in [0.29, 0.717) is 19.5 Å². The molecule has 0 radical (unpaired) electrons. The van der Waals surface area contributed by atoms with E-state index in [0.717, 1.165) is 41.9 Å². The molecule has 0 N–H and O–H groups in total. The molecule has 1 aliphatic heterocycles. The predicted molar refractivity (Wildman–Crippen MR) is 105 cm³/mol. The second-order valence-corrected chi connectivity index (χ2v) is 6.95. The molecule has 0 saturated heterocycles. The van der Waals surface area contributed by atoms with Gasteiger partial charge in [-0.25, -0.2) is 0 Å². The molecule has 3 rings (SSSR count). The molecule has 1 aliphatic rings. The molecular weight excluding hydrogens is 322 g/mol. The number of benzene rings is 2. The summed E-state index contributed by atoms with van der Waals surface area (Å²) < 4.78 is 0. The number of carbonyl (C=O) groups is 1. The van der Waals surface area contributed by atoms with Crippen molar-refractivity contribution in [3.8, 4) is 6.07 Å². The van der Waals surface area contributed by atoms with Gasteiger partial charge in [-0.15, -0.1) is 0 Å². The number of aryl methyl sites for hydroxylation is 3. The molecule has 134 valence electrons. The molecular formula is C22H25N3O. The summed E-state index contributed by atoms with van der Waals surface area (Å²) in [6.07, 6.45) is 2.46. The minimum Gasteiger partial charge on any atom is -0.362 e. The minimum atomic E-state index is 0.0435. The first-order chi connectivity index (χ1) is 12.6. The third-order valence-corrected chi connectivity index (χ3v) is 4.80. The van der Waals surface area contributed by atoms with Crippen molar-refractivity contribution in [2.45, 2.75) is 33.1 Å². The van der Waals surface area contributed by atoms with Gasteiger partial charge in [0, 0.05) is 24.5 Å². The molecule has 0 saturated carbocycles. The maximum atomic E-state index is 13.1. The Balaban J connectivity index is 1.84. The Bertz CT molecular complexity index is 817. The van der Waals surface area contributed by atoms with Crippen LogP contribution < -0.4 is 9.80 Å². The van der Waals surface area contributed by atoms with Crippen molar-refractivity contribution in [3.63, 3.8) is 0 Å². The second-order valence-electron chi connectivity index (χ2n) is 6.95. The molecule has 1 heterocycles. The van der Waals surface area contributed by atoms with E-state index >= 15 is 0 Å². The largest absolute Gasteiger partial charge is 0.362 e. The van der Waals surface area contributed by atoms with Crippen LogP contribution in [-0.4, -0.2) is 25.5 Å². The van der Waals surface area contributed by atoms with Gasteiger partial charge in [-0.05, 0) is 61.6 Å². The lowest BCUT2D eigenvalue weighted by atomic mass is 10.0. The maximum Gasteiger partial charge on any atom is 0.246 e. The normalized spacial score (nSPS) is 13.0. The molecule has 4 nitrogen and oxygen atoms in total. The van der Waals surface area contributed by atoms with Crippen molar-refractivity contribution in [2.24, 2.45) is 0 Å². The van der Waals surface area contributed by atoms with Gasteiger partial charge in [-0.1, -0.05) is 24.3 Å². The lowest BCUT2D eigenvalue weighted by Gasteiger charge is -2.33. The number of para-hydroxylation sites is 1. The van der Waals surface area contributed by atoms with Gasteiger partial charge >= 0.3 is 0 Å². The predicted octanol–water partition coefficient (Wildman–Crippen LogP) is 4.00. The minimum absolute atomic E-state index is 0.0435. The fourth-order valence-electron chi connectivity index (χ4n) is 3.69. The highest BCUT2D eigenvalue weighted by atomic mass is 16.2. The number of nitrogens with zero attached hydrogens (tertiary/aromatic N) is 3. The van der Waals surface area contributed by atoms with Crippen molar-refractivity contribution in [1.29, 1.82) is 5.26 Å². The number of rotatable bonds is 5. The monoisotopic (exact) mass is 347 g/mol. The first-order valence-corrected chi connectivity index (χ1v) is 9.17. The fraction of sp³-hybridized carbons (Fsp3) is 0.364. The van der Waals surface area contributed by atoms with Crippen LogP contribution in [0.15, 0.2) is 42.5 Å². The zero-order valence-electron chi connectivity index (χ0n) is 15.5. The van der Waals surface area contributed by atoms with Crippen molar-refractivity contribution in [1.82, 2.24) is 0 Å². The quantitative estimate of drug-likeness (QED) is 0.821. The zero-order chi connectivity index (χ0) is 18.5. The summed E-state index contributed by atoms with van der Waals surface area (Å²) in [6, 6.07) is 16.6. The van der Waals surface area contributed by atoms with Crippen LogP contribution in [0.1, 0.15) is 29.5 Å². The van der Waals surface area contributed by atoms with E-state index in [1.165, 1.54) is 5.56 Å². The number of hydrogen-bond donors (Lipinski definition) is 0. The van der Waals surface area contributed by atoms with Gasteiger partial charge in [0.2, 0.25) is 5.91 Å². The van der Waals surface area contributed by atoms with E-state index in [1.807, 2.05) is 32.0 Å². The van der Waals surface area contributed by atoms with E-state index in [-0.39, 0.29) is 5.91 Å². The summed E-state index contributed by atoms with van der Waals surface area (Å²) in [4.78, 5) is 17.1. The van der Waals surface area contributed by atoms with E-state index in [2.05, 4.69) is 35.2 Å². The molecule has 0 aliphatic carbocycles. The highest BCUT2D eigenvalue weighted by Gasteiger charge is 2.23. The van der Waals surface area contributed by atoms with Gasteiger partial charge in [0.1, 0.15) is 0 Å². The van der Waals surface area contributed by atoms with Gasteiger partial charge < -0.3 is 9.80 Å². The average molecular weight is 347 g/mol. The standard InChI is InChI=1S/C22H25N3O/c1-17-13-18(2)15-20(14-17)25(12-6-10-23)22(26)16-24-11-5-8-19-7-3-4-9-21(19)24/h3-4,7,9,13-15H,5-6,8,11-12,16H2,1-2H3. The molecule has 4 heteroatoms. The number of nitriles is 1. The Hall–Kier alpha value is -2.80. The maximum absolute atomic E-state index is 13.1. The van der Waals surface area contributed by atoms with E-state index < -0.39 is 0 Å². The first-order valence-electron chi connectivity index (χ1n) is 9.17. The van der Waals surface area contributed by atoms with Gasteiger partial charge in [0.05, 0.1) is 19.0 Å². The van der Waals surface area contributed by atoms with Crippen molar-refractivity contribution >= 4 is 17.3 Å². The first kappa shape index (κ1) is 18.0. The topological polar surface area (TPSA) is 47.3 Å². The van der Waals surface area contributed by atoms with Crippen LogP contribution in [-0.2, 0) is 11.2 Å². The Morgan fingerprint density at radius 2 is 1.92 bits per heavy atom. The van der Waals surface area contributed by atoms with Gasteiger partial charge in [-0.3, -0.25) is 4.79 Å². The molecule has 26 heavy (non-hydrogen) atoms. The van der Waals surface area contributed by atoms with Crippen LogP contribution in [0.5, 0.6) is 0 Å². The highest BCUT2D eigenvalue weighted by Crippen LogP contribution is 2.27. The number of anilines is 2. The summed E-state index contributed by atoms with van der Waals surface area (Å²) in [5, 5.41) is 9.01. The Kier molecular flexibility index (Phi) is 5.58. The second kappa shape index (κ2) is 8.05. The van der Waals surface area contributed by atoms with Crippen LogP contribution in [0.4, 0.5) is 11.4 Å². The van der Waals surface area contributed by atoms with Crippen molar-refractivity contribution < 1.29 is 4.79 Å². The van der Waals surface area contributed by atoms with Gasteiger partial charge in [0.25, 0.3) is 0 Å². The van der Waals surface area contributed by atoms with Crippen LogP contribution in [0.2, 0.25) is 0 Å². The van der Waals surface area contributed by atoms with Crippen molar-refractivity contribution in [3.05, 3.63) is 59.2 Å². The van der Waals surface area contributed by atoms with Crippen molar-refractivity contribution in [2.75, 3.05) is 29.4 Å². The third kappa shape index (κ3) is 4.05. The van der Waals surface area contributed by atoms with E-state index in [4.69, 9.17) is 5.26 Å². The van der Waals surface area contributed by atoms with E-state index in [9.17, 15) is 4.79 Å². The molecule has 0 spiro atoms. The summed E-state index contributed by atoms with van der Waals surface area (Å²) in [5.41, 5.74) is 5.60.